The smallest absolute Gasteiger partial charge is 0.146 e. The second kappa shape index (κ2) is 16.5. The lowest BCUT2D eigenvalue weighted by molar-refractivity contribution is 1.32. The highest BCUT2D eigenvalue weighted by molar-refractivity contribution is 8.26. The van der Waals surface area contributed by atoms with Gasteiger partial charge in [0.1, 0.15) is 5.65 Å². The molecule has 2 aromatic heterocycles. The minimum atomic E-state index is -2.53. The molecule has 2 atom stereocenters. The summed E-state index contributed by atoms with van der Waals surface area (Å²) in [5, 5.41) is 20.2. The molecule has 0 aliphatic rings. The van der Waals surface area contributed by atoms with Crippen LogP contribution in [-0.2, 0) is 23.6 Å². The lowest BCUT2D eigenvalue weighted by Crippen LogP contribution is -2.24. The second-order valence-electron chi connectivity index (χ2n) is 18.6. The molecule has 0 saturated heterocycles. The Kier molecular flexibility index (Phi) is 9.86. The van der Waals surface area contributed by atoms with E-state index in [1.807, 2.05) is 0 Å². The third-order valence-corrected chi connectivity index (χ3v) is 24.5. The molecular formula is C65H42N2P2S2. The van der Waals surface area contributed by atoms with E-state index in [1.54, 1.807) is 0 Å². The Hall–Kier alpha value is -7.55. The first-order valence-corrected chi connectivity index (χ1v) is 29.6. The van der Waals surface area contributed by atoms with Gasteiger partial charge in [-0.3, -0.25) is 4.40 Å². The normalized spacial score (nSPS) is 13.7. The Morgan fingerprint density at radius 3 is 1.37 bits per heavy atom. The molecule has 0 spiro atoms. The molecule has 334 valence electrons. The van der Waals surface area contributed by atoms with Crippen molar-refractivity contribution < 1.29 is 0 Å². The van der Waals surface area contributed by atoms with Crippen molar-refractivity contribution in [3.05, 3.63) is 255 Å². The zero-order valence-electron chi connectivity index (χ0n) is 38.4. The summed E-state index contributed by atoms with van der Waals surface area (Å²) in [7, 11) is 0. The van der Waals surface area contributed by atoms with Crippen molar-refractivity contribution in [3.8, 4) is 11.1 Å². The number of hydrogen-bond acceptors (Lipinski definition) is 3. The molecule has 14 aromatic rings. The zero-order chi connectivity index (χ0) is 47.3. The predicted octanol–water partition coefficient (Wildman–Crippen LogP) is 14.6. The Labute approximate surface area is 421 Å². The lowest BCUT2D eigenvalue weighted by atomic mass is 9.96. The fraction of sp³-hybridized carbons (Fsp3) is 0. The molecule has 12 aromatic carbocycles. The van der Waals surface area contributed by atoms with Gasteiger partial charge in [0.05, 0.1) is 16.6 Å². The second-order valence-corrected chi connectivity index (χ2v) is 27.4. The monoisotopic (exact) mass is 976 g/mol. The predicted molar refractivity (Wildman–Crippen MR) is 315 cm³/mol. The minimum absolute atomic E-state index is 0.938. The van der Waals surface area contributed by atoms with Crippen molar-refractivity contribution in [3.63, 3.8) is 0 Å². The van der Waals surface area contributed by atoms with Gasteiger partial charge in [-0.25, -0.2) is 4.98 Å². The van der Waals surface area contributed by atoms with E-state index in [4.69, 9.17) is 28.6 Å². The summed E-state index contributed by atoms with van der Waals surface area (Å²) in [5.74, 6) is 0. The van der Waals surface area contributed by atoms with Crippen LogP contribution in [0.15, 0.2) is 255 Å². The van der Waals surface area contributed by atoms with Crippen LogP contribution in [0.4, 0.5) is 0 Å². The van der Waals surface area contributed by atoms with E-state index >= 15 is 0 Å². The molecule has 0 aliphatic carbocycles. The highest BCUT2D eigenvalue weighted by atomic mass is 32.4. The maximum absolute atomic E-state index is 7.05. The summed E-state index contributed by atoms with van der Waals surface area (Å²) in [6.45, 7) is 0. The molecule has 2 unspecified atom stereocenters. The van der Waals surface area contributed by atoms with Crippen LogP contribution in [0.3, 0.4) is 0 Å². The summed E-state index contributed by atoms with van der Waals surface area (Å²) in [4.78, 5) is 5.48. The molecular weight excluding hydrogens is 935 g/mol. The van der Waals surface area contributed by atoms with Crippen molar-refractivity contribution in [1.82, 2.24) is 9.38 Å². The van der Waals surface area contributed by atoms with E-state index in [0.29, 0.717) is 0 Å². The number of imidazole rings is 1. The topological polar surface area (TPSA) is 17.3 Å². The summed E-state index contributed by atoms with van der Waals surface area (Å²) in [5.41, 5.74) is 6.32. The van der Waals surface area contributed by atoms with Gasteiger partial charge in [0.2, 0.25) is 0 Å². The third kappa shape index (κ3) is 6.71. The van der Waals surface area contributed by atoms with Gasteiger partial charge >= 0.3 is 0 Å². The zero-order valence-corrected chi connectivity index (χ0v) is 41.8. The summed E-state index contributed by atoms with van der Waals surface area (Å²) in [6.07, 6.45) is 0. The van der Waals surface area contributed by atoms with Gasteiger partial charge < -0.3 is 0 Å². The first kappa shape index (κ1) is 42.3. The van der Waals surface area contributed by atoms with Crippen molar-refractivity contribution in [2.24, 2.45) is 0 Å². The van der Waals surface area contributed by atoms with E-state index in [-0.39, 0.29) is 0 Å². The molecule has 2 heterocycles. The molecule has 2 nitrogen and oxygen atoms in total. The van der Waals surface area contributed by atoms with Crippen LogP contribution >= 0.6 is 12.1 Å². The van der Waals surface area contributed by atoms with Gasteiger partial charge in [0.15, 0.2) is 0 Å². The van der Waals surface area contributed by atoms with Crippen molar-refractivity contribution in [2.75, 3.05) is 0 Å². The fourth-order valence-electron chi connectivity index (χ4n) is 11.1. The largest absolute Gasteiger partial charge is 0.292 e. The SMILES string of the molecule is S=P(c1ccccc1)(c1ccc2ccccc2c1)c1ccc2cc(-c3ccc4c5c6ccccc6ccc5c5nc6ccc(P(=S)(c7ccccc7)c7ccc8ccccc8c7)cc6n5c4c3)ccc2c1. The van der Waals surface area contributed by atoms with Crippen LogP contribution < -0.4 is 31.8 Å². The third-order valence-electron chi connectivity index (χ3n) is 14.6. The number of aromatic nitrogens is 2. The molecule has 6 heteroatoms. The summed E-state index contributed by atoms with van der Waals surface area (Å²) >= 11 is 13.9. The number of hydrogen-bond donors (Lipinski definition) is 0. The van der Waals surface area contributed by atoms with Gasteiger partial charge in [0, 0.05) is 28.2 Å². The van der Waals surface area contributed by atoms with Crippen LogP contribution in [0.5, 0.6) is 0 Å². The molecule has 0 amide bonds. The van der Waals surface area contributed by atoms with Crippen LogP contribution in [0.2, 0.25) is 0 Å². The molecule has 0 saturated carbocycles. The van der Waals surface area contributed by atoms with E-state index in [9.17, 15) is 0 Å². The molecule has 0 aliphatic heterocycles. The van der Waals surface area contributed by atoms with E-state index in [1.165, 1.54) is 80.4 Å². The van der Waals surface area contributed by atoms with Crippen molar-refractivity contribution >= 4 is 149 Å². The highest BCUT2D eigenvalue weighted by Crippen LogP contribution is 2.47. The Morgan fingerprint density at radius 1 is 0.296 bits per heavy atom. The number of fused-ring (bicyclic) bond motifs is 13. The Balaban J connectivity index is 0.963. The van der Waals surface area contributed by atoms with Crippen molar-refractivity contribution in [1.29, 1.82) is 0 Å². The van der Waals surface area contributed by atoms with Crippen LogP contribution in [0, 0.1) is 0 Å². The maximum Gasteiger partial charge on any atom is 0.146 e. The van der Waals surface area contributed by atoms with E-state index in [0.717, 1.165) is 44.0 Å². The molecule has 0 bridgehead atoms. The highest BCUT2D eigenvalue weighted by Gasteiger charge is 2.28. The molecule has 71 heavy (non-hydrogen) atoms. The van der Waals surface area contributed by atoms with Gasteiger partial charge in [-0.05, 0) is 135 Å². The standard InChI is InChI=1S/C65H42N2P2S2/c70-68(52-18-3-1-4-19-52,54-30-25-43-13-7-9-16-46(43)38-54)56-32-27-49-37-48(23-24-50(49)40-56)51-29-34-59-62(41-51)67-63-42-57(33-36-61(63)66-65(67)60-35-28-45-15-11-12-22-58(45)64(59)60)69(71,53-20-5-2-6-21-53)55-31-26-44-14-8-10-17-47(44)39-55/h1-42H. The van der Waals surface area contributed by atoms with E-state index < -0.39 is 12.1 Å². The number of nitrogens with zero attached hydrogens (tertiary/aromatic N) is 2. The van der Waals surface area contributed by atoms with Crippen LogP contribution in [0.1, 0.15) is 0 Å². The van der Waals surface area contributed by atoms with Crippen LogP contribution in [0.25, 0.3) is 92.6 Å². The maximum atomic E-state index is 7.05. The quantitative estimate of drug-likeness (QED) is 0.117. The summed E-state index contributed by atoms with van der Waals surface area (Å²) < 4.78 is 2.40. The minimum Gasteiger partial charge on any atom is -0.292 e. The fourth-order valence-corrected chi connectivity index (χ4v) is 18.5. The van der Waals surface area contributed by atoms with Gasteiger partial charge in [-0.15, -0.1) is 0 Å². The Morgan fingerprint density at radius 2 is 0.732 bits per heavy atom. The lowest BCUT2D eigenvalue weighted by Gasteiger charge is -2.25. The average molecular weight is 977 g/mol. The summed E-state index contributed by atoms with van der Waals surface area (Å²) in [6, 6.07) is 88.0. The molecule has 0 fully saturated rings. The van der Waals surface area contributed by atoms with E-state index in [2.05, 4.69) is 259 Å². The van der Waals surface area contributed by atoms with Gasteiger partial charge in [0.25, 0.3) is 0 Å². The first-order chi connectivity index (χ1) is 34.9. The van der Waals surface area contributed by atoms with Crippen LogP contribution in [-0.4, -0.2) is 9.38 Å². The number of pyridine rings is 1. The van der Waals surface area contributed by atoms with Gasteiger partial charge in [-0.1, -0.05) is 230 Å². The molecule has 0 N–H and O–H groups in total. The average Bonchev–Trinajstić information content (AvgIpc) is 3.84. The van der Waals surface area contributed by atoms with Gasteiger partial charge in [-0.2, -0.15) is 0 Å². The first-order valence-electron chi connectivity index (χ1n) is 24.0. The molecule has 0 radical (unpaired) electrons. The molecule has 14 rings (SSSR count). The van der Waals surface area contributed by atoms with Crippen molar-refractivity contribution in [2.45, 2.75) is 0 Å². The number of benzene rings is 12. The Bertz CT molecular complexity index is 4600. The number of rotatable bonds is 7.